The Morgan fingerprint density at radius 3 is 0.905 bits per heavy atom. The minimum Gasteiger partial charge on any atom is -0.300 e. The molecule has 0 radical (unpaired) electrons. The highest BCUT2D eigenvalue weighted by Gasteiger charge is 2.33. The van der Waals surface area contributed by atoms with Crippen molar-refractivity contribution in [2.24, 2.45) is 0 Å². The van der Waals surface area contributed by atoms with E-state index in [9.17, 15) is 0 Å². The van der Waals surface area contributed by atoms with Crippen LogP contribution in [0.1, 0.15) is 212 Å². The first-order chi connectivity index (χ1) is 20.7. The van der Waals surface area contributed by atoms with Crippen LogP contribution >= 0.6 is 0 Å². The topological polar surface area (TPSA) is 3.24 Å². The maximum Gasteiger partial charge on any atom is 0.0454 e. The van der Waals surface area contributed by atoms with Crippen LogP contribution in [0.3, 0.4) is 0 Å². The molecule has 0 aliphatic carbocycles. The SMILES string of the molecule is CCCCCCCCCCCCCCCCC(CCCCCCCCCCCCCCCC)(c1ccccc1)N(C)C. The lowest BCUT2D eigenvalue weighted by molar-refractivity contribution is 0.117. The molecule has 1 heteroatoms. The van der Waals surface area contributed by atoms with Crippen molar-refractivity contribution in [3.05, 3.63) is 35.9 Å². The number of unbranched alkanes of at least 4 members (excludes halogenated alkanes) is 26. The van der Waals surface area contributed by atoms with Gasteiger partial charge in [-0.25, -0.2) is 0 Å². The quantitative estimate of drug-likeness (QED) is 0.0762. The van der Waals surface area contributed by atoms with Gasteiger partial charge in [0, 0.05) is 5.54 Å². The molecule has 0 saturated carbocycles. The lowest BCUT2D eigenvalue weighted by atomic mass is 9.79. The number of hydrogen-bond acceptors (Lipinski definition) is 1. The Balaban J connectivity index is 2.23. The zero-order valence-electron chi connectivity index (χ0n) is 29.5. The molecule has 0 aliphatic rings. The Hall–Kier alpha value is -0.820. The van der Waals surface area contributed by atoms with Gasteiger partial charge in [-0.05, 0) is 32.5 Å². The van der Waals surface area contributed by atoms with Gasteiger partial charge in [-0.2, -0.15) is 0 Å². The third kappa shape index (κ3) is 20.2. The molecular weight excluding hydrogens is 506 g/mol. The van der Waals surface area contributed by atoms with Gasteiger partial charge in [0.15, 0.2) is 0 Å². The predicted octanol–water partition coefficient (Wildman–Crippen LogP) is 14.2. The molecule has 1 nitrogen and oxygen atoms in total. The van der Waals surface area contributed by atoms with Gasteiger partial charge >= 0.3 is 0 Å². The molecule has 1 rings (SSSR count). The van der Waals surface area contributed by atoms with Gasteiger partial charge in [0.1, 0.15) is 0 Å². The molecule has 0 amide bonds. The maximum absolute atomic E-state index is 2.56. The Kier molecular flexibility index (Phi) is 27.0. The fourth-order valence-corrected chi connectivity index (χ4v) is 7.09. The maximum atomic E-state index is 2.56. The van der Waals surface area contributed by atoms with Gasteiger partial charge in [0.25, 0.3) is 0 Å². The number of benzene rings is 1. The smallest absolute Gasteiger partial charge is 0.0454 e. The highest BCUT2D eigenvalue weighted by Crippen LogP contribution is 2.38. The summed E-state index contributed by atoms with van der Waals surface area (Å²) in [4.78, 5) is 2.56. The van der Waals surface area contributed by atoms with Gasteiger partial charge in [0.05, 0.1) is 0 Å². The van der Waals surface area contributed by atoms with E-state index in [0.29, 0.717) is 0 Å². The fourth-order valence-electron chi connectivity index (χ4n) is 7.09. The lowest BCUT2D eigenvalue weighted by Gasteiger charge is -2.41. The van der Waals surface area contributed by atoms with Crippen molar-refractivity contribution in [3.63, 3.8) is 0 Å². The van der Waals surface area contributed by atoms with Crippen molar-refractivity contribution in [2.75, 3.05) is 14.1 Å². The lowest BCUT2D eigenvalue weighted by Crippen LogP contribution is -2.41. The van der Waals surface area contributed by atoms with Crippen LogP contribution in [0.25, 0.3) is 0 Å². The van der Waals surface area contributed by atoms with Gasteiger partial charge in [-0.1, -0.05) is 224 Å². The summed E-state index contributed by atoms with van der Waals surface area (Å²) in [5.74, 6) is 0. The van der Waals surface area contributed by atoms with E-state index in [1.165, 1.54) is 193 Å². The second-order valence-electron chi connectivity index (χ2n) is 14.0. The van der Waals surface area contributed by atoms with Crippen LogP contribution in [0.4, 0.5) is 0 Å². The minimum absolute atomic E-state index is 0.204. The highest BCUT2D eigenvalue weighted by atomic mass is 15.1. The molecule has 246 valence electrons. The Labute approximate surface area is 266 Å². The van der Waals surface area contributed by atoms with Crippen LogP contribution in [-0.4, -0.2) is 19.0 Å². The minimum atomic E-state index is 0.204. The first-order valence-electron chi connectivity index (χ1n) is 19.4. The van der Waals surface area contributed by atoms with Gasteiger partial charge in [-0.3, -0.25) is 4.90 Å². The molecule has 0 unspecified atom stereocenters. The van der Waals surface area contributed by atoms with Crippen LogP contribution in [0.2, 0.25) is 0 Å². The van der Waals surface area contributed by atoms with Crippen LogP contribution in [0, 0.1) is 0 Å². The predicted molar refractivity (Wildman–Crippen MR) is 192 cm³/mol. The van der Waals surface area contributed by atoms with E-state index in [0.717, 1.165) is 0 Å². The van der Waals surface area contributed by atoms with Crippen LogP contribution < -0.4 is 0 Å². The molecular formula is C41H77N. The average molecular weight is 584 g/mol. The van der Waals surface area contributed by atoms with E-state index in [2.05, 4.69) is 63.2 Å². The first-order valence-corrected chi connectivity index (χ1v) is 19.4. The number of hydrogen-bond donors (Lipinski definition) is 0. The van der Waals surface area contributed by atoms with E-state index in [1.807, 2.05) is 0 Å². The van der Waals surface area contributed by atoms with E-state index in [-0.39, 0.29) is 5.54 Å². The normalized spacial score (nSPS) is 12.0. The summed E-state index contributed by atoms with van der Waals surface area (Å²) < 4.78 is 0. The summed E-state index contributed by atoms with van der Waals surface area (Å²) in [6.07, 6.45) is 42.8. The van der Waals surface area contributed by atoms with Gasteiger partial charge < -0.3 is 0 Å². The monoisotopic (exact) mass is 584 g/mol. The molecule has 0 N–H and O–H groups in total. The van der Waals surface area contributed by atoms with Crippen molar-refractivity contribution in [2.45, 2.75) is 212 Å². The second-order valence-corrected chi connectivity index (χ2v) is 14.0. The third-order valence-corrected chi connectivity index (χ3v) is 10.1. The second kappa shape index (κ2) is 28.9. The Morgan fingerprint density at radius 2 is 0.643 bits per heavy atom. The summed E-state index contributed by atoms with van der Waals surface area (Å²) in [5.41, 5.74) is 1.74. The molecule has 0 fully saturated rings. The van der Waals surface area contributed by atoms with Crippen LogP contribution in [0.15, 0.2) is 30.3 Å². The molecule has 1 aromatic rings. The summed E-state index contributed by atoms with van der Waals surface area (Å²) in [6.45, 7) is 4.62. The van der Waals surface area contributed by atoms with Crippen molar-refractivity contribution in [1.29, 1.82) is 0 Å². The number of rotatable bonds is 32. The Bertz CT molecular complexity index is 618. The van der Waals surface area contributed by atoms with Crippen molar-refractivity contribution < 1.29 is 0 Å². The highest BCUT2D eigenvalue weighted by molar-refractivity contribution is 5.24. The molecule has 0 spiro atoms. The van der Waals surface area contributed by atoms with Crippen molar-refractivity contribution in [1.82, 2.24) is 4.90 Å². The summed E-state index contributed by atoms with van der Waals surface area (Å²) in [6, 6.07) is 11.5. The van der Waals surface area contributed by atoms with E-state index in [1.54, 1.807) is 5.56 Å². The largest absolute Gasteiger partial charge is 0.300 e. The standard InChI is InChI=1S/C41H77N/c1-5-7-9-11-13-15-17-19-21-23-25-27-29-34-38-41(42(3)4,40-36-32-31-33-37-40)39-35-30-28-26-24-22-20-18-16-14-12-10-8-6-2/h31-33,36-37H,5-30,34-35,38-39H2,1-4H3. The zero-order valence-corrected chi connectivity index (χ0v) is 29.5. The molecule has 0 saturated heterocycles. The van der Waals surface area contributed by atoms with Crippen molar-refractivity contribution >= 4 is 0 Å². The summed E-state index contributed by atoms with van der Waals surface area (Å²) in [5, 5.41) is 0. The summed E-state index contributed by atoms with van der Waals surface area (Å²) in [7, 11) is 4.67. The van der Waals surface area contributed by atoms with E-state index in [4.69, 9.17) is 0 Å². The first kappa shape index (κ1) is 39.2. The van der Waals surface area contributed by atoms with E-state index >= 15 is 0 Å². The fraction of sp³-hybridized carbons (Fsp3) is 0.854. The van der Waals surface area contributed by atoms with Crippen molar-refractivity contribution in [3.8, 4) is 0 Å². The molecule has 0 atom stereocenters. The molecule has 0 aromatic heterocycles. The Morgan fingerprint density at radius 1 is 0.381 bits per heavy atom. The summed E-state index contributed by atoms with van der Waals surface area (Å²) >= 11 is 0. The van der Waals surface area contributed by atoms with Crippen LogP contribution in [-0.2, 0) is 5.54 Å². The van der Waals surface area contributed by atoms with Gasteiger partial charge in [0.2, 0.25) is 0 Å². The van der Waals surface area contributed by atoms with E-state index < -0.39 is 0 Å². The average Bonchev–Trinajstić information content (AvgIpc) is 3.00. The number of nitrogens with zero attached hydrogens (tertiary/aromatic N) is 1. The molecule has 0 aliphatic heterocycles. The molecule has 0 heterocycles. The van der Waals surface area contributed by atoms with Gasteiger partial charge in [-0.15, -0.1) is 0 Å². The van der Waals surface area contributed by atoms with Crippen LogP contribution in [0.5, 0.6) is 0 Å². The molecule has 0 bridgehead atoms. The zero-order chi connectivity index (χ0) is 30.4. The third-order valence-electron chi connectivity index (χ3n) is 10.1. The molecule has 42 heavy (non-hydrogen) atoms. The molecule has 1 aromatic carbocycles.